The minimum Gasteiger partial charge on any atom is -0.390 e. The molecular formula is C16H23ClN2O2. The Labute approximate surface area is 131 Å². The van der Waals surface area contributed by atoms with Gasteiger partial charge in [0.25, 0.3) is 5.91 Å². The molecule has 4 nitrogen and oxygen atoms in total. The predicted octanol–water partition coefficient (Wildman–Crippen LogP) is 2.16. The van der Waals surface area contributed by atoms with Crippen LogP contribution in [0.1, 0.15) is 30.1 Å². The number of rotatable bonds is 5. The Bertz CT molecular complexity index is 456. The van der Waals surface area contributed by atoms with E-state index in [1.165, 1.54) is 12.8 Å². The molecular weight excluding hydrogens is 288 g/mol. The van der Waals surface area contributed by atoms with Crippen LogP contribution in [0.5, 0.6) is 0 Å². The number of likely N-dealkylation sites (tertiary alicyclic amines) is 1. The van der Waals surface area contributed by atoms with Gasteiger partial charge >= 0.3 is 0 Å². The quantitative estimate of drug-likeness (QED) is 0.876. The highest BCUT2D eigenvalue weighted by molar-refractivity contribution is 6.30. The van der Waals surface area contributed by atoms with Gasteiger partial charge in [-0.3, -0.25) is 4.79 Å². The molecule has 0 radical (unpaired) electrons. The van der Waals surface area contributed by atoms with E-state index in [4.69, 9.17) is 11.6 Å². The van der Waals surface area contributed by atoms with Crippen LogP contribution >= 0.6 is 11.6 Å². The SMILES string of the molecule is CC1CCN(CC(O)CNC(=O)c2ccc(Cl)cc2)CC1. The molecule has 1 heterocycles. The molecule has 0 saturated carbocycles. The highest BCUT2D eigenvalue weighted by atomic mass is 35.5. The van der Waals surface area contributed by atoms with Crippen molar-refractivity contribution < 1.29 is 9.90 Å². The summed E-state index contributed by atoms with van der Waals surface area (Å²) < 4.78 is 0. The van der Waals surface area contributed by atoms with Crippen molar-refractivity contribution in [3.8, 4) is 0 Å². The summed E-state index contributed by atoms with van der Waals surface area (Å²) in [4.78, 5) is 14.2. The van der Waals surface area contributed by atoms with Crippen molar-refractivity contribution in [2.45, 2.75) is 25.9 Å². The van der Waals surface area contributed by atoms with E-state index in [2.05, 4.69) is 17.1 Å². The summed E-state index contributed by atoms with van der Waals surface area (Å²) in [7, 11) is 0. The fourth-order valence-electron chi connectivity index (χ4n) is 2.52. The molecule has 2 N–H and O–H groups in total. The first-order valence-electron chi connectivity index (χ1n) is 7.49. The highest BCUT2D eigenvalue weighted by Crippen LogP contribution is 2.15. The third-order valence-corrected chi connectivity index (χ3v) is 4.20. The normalized spacial score (nSPS) is 18.4. The summed E-state index contributed by atoms with van der Waals surface area (Å²) in [6.07, 6.45) is 1.84. The van der Waals surface area contributed by atoms with E-state index in [0.717, 1.165) is 19.0 Å². The van der Waals surface area contributed by atoms with Crippen molar-refractivity contribution in [1.29, 1.82) is 0 Å². The summed E-state index contributed by atoms with van der Waals surface area (Å²) in [6.45, 7) is 5.22. The largest absolute Gasteiger partial charge is 0.390 e. The Kier molecular flexibility index (Phi) is 6.03. The molecule has 1 aromatic carbocycles. The Morgan fingerprint density at radius 1 is 1.38 bits per heavy atom. The van der Waals surface area contributed by atoms with Crippen LogP contribution in [-0.2, 0) is 0 Å². The fourth-order valence-corrected chi connectivity index (χ4v) is 2.65. The molecule has 1 aliphatic heterocycles. The molecule has 2 rings (SSSR count). The van der Waals surface area contributed by atoms with Gasteiger partial charge in [-0.15, -0.1) is 0 Å². The monoisotopic (exact) mass is 310 g/mol. The number of amides is 1. The summed E-state index contributed by atoms with van der Waals surface area (Å²) >= 11 is 5.79. The molecule has 1 amide bonds. The van der Waals surface area contributed by atoms with E-state index >= 15 is 0 Å². The number of aliphatic hydroxyl groups excluding tert-OH is 1. The molecule has 1 aromatic rings. The number of hydrogen-bond donors (Lipinski definition) is 2. The van der Waals surface area contributed by atoms with Crippen molar-refractivity contribution >= 4 is 17.5 Å². The Morgan fingerprint density at radius 3 is 2.62 bits per heavy atom. The lowest BCUT2D eigenvalue weighted by molar-refractivity contribution is 0.0795. The van der Waals surface area contributed by atoms with Gasteiger partial charge in [0.15, 0.2) is 0 Å². The van der Waals surface area contributed by atoms with E-state index in [-0.39, 0.29) is 12.5 Å². The number of carbonyl (C=O) groups excluding carboxylic acids is 1. The number of nitrogens with one attached hydrogen (secondary N) is 1. The fraction of sp³-hybridized carbons (Fsp3) is 0.562. The van der Waals surface area contributed by atoms with Gasteiger partial charge in [0, 0.05) is 23.7 Å². The number of aliphatic hydroxyl groups is 1. The first-order chi connectivity index (χ1) is 10.0. The van der Waals surface area contributed by atoms with Crippen molar-refractivity contribution in [3.05, 3.63) is 34.9 Å². The number of nitrogens with zero attached hydrogens (tertiary/aromatic N) is 1. The maximum absolute atomic E-state index is 11.9. The van der Waals surface area contributed by atoms with Crippen LogP contribution in [0.15, 0.2) is 24.3 Å². The van der Waals surface area contributed by atoms with Crippen molar-refractivity contribution in [2.24, 2.45) is 5.92 Å². The first-order valence-corrected chi connectivity index (χ1v) is 7.86. The molecule has 5 heteroatoms. The van der Waals surface area contributed by atoms with Gasteiger partial charge in [0.1, 0.15) is 0 Å². The molecule has 1 fully saturated rings. The molecule has 0 aliphatic carbocycles. The van der Waals surface area contributed by atoms with Crippen molar-refractivity contribution in [3.63, 3.8) is 0 Å². The second-order valence-electron chi connectivity index (χ2n) is 5.85. The van der Waals surface area contributed by atoms with Crippen LogP contribution in [0.2, 0.25) is 5.02 Å². The van der Waals surface area contributed by atoms with E-state index in [9.17, 15) is 9.90 Å². The summed E-state index contributed by atoms with van der Waals surface area (Å²) in [6, 6.07) is 6.72. The Morgan fingerprint density at radius 2 is 2.00 bits per heavy atom. The lowest BCUT2D eigenvalue weighted by Gasteiger charge is -2.31. The second kappa shape index (κ2) is 7.78. The van der Waals surface area contributed by atoms with Crippen LogP contribution < -0.4 is 5.32 Å². The van der Waals surface area contributed by atoms with Gasteiger partial charge < -0.3 is 15.3 Å². The number of benzene rings is 1. The van der Waals surface area contributed by atoms with Crippen LogP contribution in [0.25, 0.3) is 0 Å². The molecule has 0 aromatic heterocycles. The zero-order valence-corrected chi connectivity index (χ0v) is 13.1. The van der Waals surface area contributed by atoms with Gasteiger partial charge in [0.2, 0.25) is 0 Å². The Balaban J connectivity index is 1.72. The third-order valence-electron chi connectivity index (χ3n) is 3.95. The van der Waals surface area contributed by atoms with Gasteiger partial charge in [-0.2, -0.15) is 0 Å². The number of piperidine rings is 1. The zero-order chi connectivity index (χ0) is 15.2. The average molecular weight is 311 g/mol. The topological polar surface area (TPSA) is 52.6 Å². The number of carbonyl (C=O) groups is 1. The van der Waals surface area contributed by atoms with E-state index in [1.807, 2.05) is 0 Å². The lowest BCUT2D eigenvalue weighted by Crippen LogP contribution is -2.43. The molecule has 0 spiro atoms. The standard InChI is InChI=1S/C16H23ClN2O2/c1-12-6-8-19(9-7-12)11-15(20)10-18-16(21)13-2-4-14(17)5-3-13/h2-5,12,15,20H,6-11H2,1H3,(H,18,21). The number of β-amino-alcohol motifs (C(OH)–C–C–N with tert-alkyl or cyclic N) is 1. The molecule has 21 heavy (non-hydrogen) atoms. The van der Waals surface area contributed by atoms with Crippen LogP contribution in [0.4, 0.5) is 0 Å². The summed E-state index contributed by atoms with van der Waals surface area (Å²) in [5.74, 6) is 0.598. The number of halogens is 1. The van der Waals surface area contributed by atoms with Gasteiger partial charge in [-0.25, -0.2) is 0 Å². The minimum absolute atomic E-state index is 0.182. The third kappa shape index (κ3) is 5.30. The predicted molar refractivity (Wildman–Crippen MR) is 84.6 cm³/mol. The van der Waals surface area contributed by atoms with E-state index in [1.54, 1.807) is 24.3 Å². The first kappa shape index (κ1) is 16.3. The van der Waals surface area contributed by atoms with Crippen LogP contribution in [0.3, 0.4) is 0 Å². The van der Waals surface area contributed by atoms with Crippen molar-refractivity contribution in [2.75, 3.05) is 26.2 Å². The zero-order valence-electron chi connectivity index (χ0n) is 12.4. The van der Waals surface area contributed by atoms with Gasteiger partial charge in [0.05, 0.1) is 6.10 Å². The maximum Gasteiger partial charge on any atom is 0.251 e. The van der Waals surface area contributed by atoms with E-state index < -0.39 is 6.10 Å². The smallest absolute Gasteiger partial charge is 0.251 e. The molecule has 1 unspecified atom stereocenters. The van der Waals surface area contributed by atoms with E-state index in [0.29, 0.717) is 17.1 Å². The lowest BCUT2D eigenvalue weighted by atomic mass is 9.99. The second-order valence-corrected chi connectivity index (χ2v) is 6.29. The average Bonchev–Trinajstić information content (AvgIpc) is 2.48. The van der Waals surface area contributed by atoms with Crippen LogP contribution in [0, 0.1) is 5.92 Å². The highest BCUT2D eigenvalue weighted by Gasteiger charge is 2.18. The minimum atomic E-state index is -0.533. The molecule has 1 saturated heterocycles. The summed E-state index contributed by atoms with van der Waals surface area (Å²) in [5.41, 5.74) is 0.554. The molecule has 0 bridgehead atoms. The number of hydrogen-bond acceptors (Lipinski definition) is 3. The Hall–Kier alpha value is -1.10. The van der Waals surface area contributed by atoms with Crippen molar-refractivity contribution in [1.82, 2.24) is 10.2 Å². The maximum atomic E-state index is 11.9. The molecule has 1 atom stereocenters. The van der Waals surface area contributed by atoms with Gasteiger partial charge in [-0.1, -0.05) is 18.5 Å². The van der Waals surface area contributed by atoms with Gasteiger partial charge in [-0.05, 0) is 56.1 Å². The molecule has 1 aliphatic rings. The molecule has 116 valence electrons. The van der Waals surface area contributed by atoms with Crippen LogP contribution in [-0.4, -0.2) is 48.2 Å². The summed E-state index contributed by atoms with van der Waals surface area (Å²) in [5, 5.41) is 13.4.